The molecule has 0 saturated carbocycles. The minimum Gasteiger partial charge on any atom is -0.497 e. The normalized spacial score (nSPS) is 15.7. The summed E-state index contributed by atoms with van der Waals surface area (Å²) in [5, 5.41) is 3.41. The van der Waals surface area contributed by atoms with Crippen LogP contribution < -0.4 is 10.1 Å². The molecule has 6 nitrogen and oxygen atoms in total. The van der Waals surface area contributed by atoms with Crippen LogP contribution in [0.3, 0.4) is 0 Å². The Morgan fingerprint density at radius 2 is 1.72 bits per heavy atom. The van der Waals surface area contributed by atoms with Gasteiger partial charge in [0.05, 0.1) is 7.11 Å². The lowest BCUT2D eigenvalue weighted by Gasteiger charge is -2.33. The van der Waals surface area contributed by atoms with Gasteiger partial charge in [-0.25, -0.2) is 0 Å². The predicted molar refractivity (Wildman–Crippen MR) is 134 cm³/mol. The zero-order valence-electron chi connectivity index (χ0n) is 18.7. The number of guanidine groups is 1. The van der Waals surface area contributed by atoms with E-state index in [2.05, 4.69) is 53.0 Å². The Hall–Kier alpha value is -1.06. The van der Waals surface area contributed by atoms with Crippen LogP contribution >= 0.6 is 24.0 Å². The maximum Gasteiger partial charge on any atom is 0.193 e. The number of unbranched alkanes of at least 4 members (excludes halogenated alkanes) is 1. The van der Waals surface area contributed by atoms with Gasteiger partial charge in [-0.3, -0.25) is 4.99 Å². The summed E-state index contributed by atoms with van der Waals surface area (Å²) >= 11 is 0. The SMILES string of the molecule is CCNC(=NCCCCN1CCN(CC)CC1)N(C)Cc1ccc(OC)cc1.I. The van der Waals surface area contributed by atoms with Gasteiger partial charge in [0.1, 0.15) is 5.75 Å². The van der Waals surface area contributed by atoms with Crippen LogP contribution in [-0.2, 0) is 6.54 Å². The first kappa shape index (κ1) is 26.0. The minimum absolute atomic E-state index is 0. The van der Waals surface area contributed by atoms with Crippen molar-refractivity contribution in [3.05, 3.63) is 29.8 Å². The zero-order valence-corrected chi connectivity index (χ0v) is 21.0. The molecule has 1 aromatic carbocycles. The Bertz CT molecular complexity index is 573. The Morgan fingerprint density at radius 3 is 2.31 bits per heavy atom. The molecule has 0 spiro atoms. The number of rotatable bonds is 10. The Balaban J connectivity index is 0.00000420. The summed E-state index contributed by atoms with van der Waals surface area (Å²) in [4.78, 5) is 12.1. The van der Waals surface area contributed by atoms with Gasteiger partial charge < -0.3 is 24.8 Å². The number of hydrogen-bond donors (Lipinski definition) is 1. The van der Waals surface area contributed by atoms with E-state index in [1.807, 2.05) is 12.1 Å². The van der Waals surface area contributed by atoms with Gasteiger partial charge >= 0.3 is 0 Å². The number of ether oxygens (including phenoxy) is 1. The molecule has 1 aliphatic rings. The molecule has 0 aliphatic carbocycles. The van der Waals surface area contributed by atoms with E-state index in [1.54, 1.807) is 7.11 Å². The molecule has 0 bridgehead atoms. The quantitative estimate of drug-likeness (QED) is 0.224. The van der Waals surface area contributed by atoms with Crippen LogP contribution in [0.4, 0.5) is 0 Å². The highest BCUT2D eigenvalue weighted by molar-refractivity contribution is 14.0. The molecule has 0 aromatic heterocycles. The van der Waals surface area contributed by atoms with Crippen LogP contribution in [0, 0.1) is 0 Å². The van der Waals surface area contributed by atoms with E-state index >= 15 is 0 Å². The number of aliphatic imine (C=N–C) groups is 1. The third-order valence-corrected chi connectivity index (χ3v) is 5.33. The first-order valence-electron chi connectivity index (χ1n) is 10.7. The van der Waals surface area contributed by atoms with Crippen molar-refractivity contribution < 1.29 is 4.74 Å². The maximum absolute atomic E-state index is 5.24. The Kier molecular flexibility index (Phi) is 13.3. The highest BCUT2D eigenvalue weighted by atomic mass is 127. The van der Waals surface area contributed by atoms with Gasteiger partial charge in [0, 0.05) is 52.9 Å². The van der Waals surface area contributed by atoms with E-state index < -0.39 is 0 Å². The number of nitrogens with one attached hydrogen (secondary N) is 1. The molecule has 1 aliphatic heterocycles. The van der Waals surface area contributed by atoms with Gasteiger partial charge in [0.25, 0.3) is 0 Å². The topological polar surface area (TPSA) is 43.3 Å². The summed E-state index contributed by atoms with van der Waals surface area (Å²) in [5.41, 5.74) is 1.25. The second-order valence-electron chi connectivity index (χ2n) is 7.42. The van der Waals surface area contributed by atoms with Crippen molar-refractivity contribution in [3.8, 4) is 5.75 Å². The zero-order chi connectivity index (χ0) is 20.2. The second-order valence-corrected chi connectivity index (χ2v) is 7.42. The molecule has 1 heterocycles. The van der Waals surface area contributed by atoms with E-state index in [-0.39, 0.29) is 24.0 Å². The van der Waals surface area contributed by atoms with Crippen molar-refractivity contribution in [2.45, 2.75) is 33.2 Å². The van der Waals surface area contributed by atoms with Gasteiger partial charge in [-0.15, -0.1) is 24.0 Å². The second kappa shape index (κ2) is 14.8. The number of halogens is 1. The van der Waals surface area contributed by atoms with Crippen molar-refractivity contribution in [1.82, 2.24) is 20.0 Å². The van der Waals surface area contributed by atoms with Crippen LogP contribution in [0.2, 0.25) is 0 Å². The van der Waals surface area contributed by atoms with Gasteiger partial charge in [-0.1, -0.05) is 19.1 Å². The third-order valence-electron chi connectivity index (χ3n) is 5.33. The van der Waals surface area contributed by atoms with Crippen molar-refractivity contribution in [2.75, 3.05) is 66.5 Å². The average molecular weight is 518 g/mol. The number of piperazine rings is 1. The highest BCUT2D eigenvalue weighted by Crippen LogP contribution is 2.12. The minimum atomic E-state index is 0. The smallest absolute Gasteiger partial charge is 0.193 e. The van der Waals surface area contributed by atoms with Gasteiger partial charge in [0.15, 0.2) is 5.96 Å². The first-order chi connectivity index (χ1) is 13.7. The third kappa shape index (κ3) is 9.53. The number of hydrogen-bond acceptors (Lipinski definition) is 4. The van der Waals surface area contributed by atoms with E-state index in [0.29, 0.717) is 0 Å². The van der Waals surface area contributed by atoms with Crippen LogP contribution in [0.1, 0.15) is 32.3 Å². The molecule has 1 fully saturated rings. The fourth-order valence-corrected chi connectivity index (χ4v) is 3.51. The lowest BCUT2D eigenvalue weighted by Crippen LogP contribution is -2.46. The van der Waals surface area contributed by atoms with Crippen molar-refractivity contribution >= 4 is 29.9 Å². The van der Waals surface area contributed by atoms with Crippen LogP contribution in [-0.4, -0.2) is 87.2 Å². The lowest BCUT2D eigenvalue weighted by atomic mass is 10.2. The van der Waals surface area contributed by atoms with Crippen LogP contribution in [0.15, 0.2) is 29.3 Å². The summed E-state index contributed by atoms with van der Waals surface area (Å²) in [5.74, 6) is 1.87. The Labute approximate surface area is 194 Å². The lowest BCUT2D eigenvalue weighted by molar-refractivity contribution is 0.136. The highest BCUT2D eigenvalue weighted by Gasteiger charge is 2.14. The van der Waals surface area contributed by atoms with E-state index in [0.717, 1.165) is 37.8 Å². The standard InChI is InChI=1S/C22H39N5O.HI/c1-5-23-22(25(3)19-20-9-11-21(28-4)12-10-20)24-13-7-8-14-27-17-15-26(6-2)16-18-27;/h9-12H,5-8,13-19H2,1-4H3,(H,23,24);1H. The molecule has 0 amide bonds. The number of benzene rings is 1. The summed E-state index contributed by atoms with van der Waals surface area (Å²) < 4.78 is 5.24. The van der Waals surface area contributed by atoms with Gasteiger partial charge in [-0.05, 0) is 50.6 Å². The molecule has 0 unspecified atom stereocenters. The molecule has 1 aromatic rings. The maximum atomic E-state index is 5.24. The molecule has 2 rings (SSSR count). The molecule has 166 valence electrons. The van der Waals surface area contributed by atoms with E-state index in [4.69, 9.17) is 9.73 Å². The fraction of sp³-hybridized carbons (Fsp3) is 0.682. The summed E-state index contributed by atoms with van der Waals surface area (Å²) in [6.07, 6.45) is 2.36. The molecule has 29 heavy (non-hydrogen) atoms. The first-order valence-corrected chi connectivity index (χ1v) is 10.7. The number of likely N-dealkylation sites (N-methyl/N-ethyl adjacent to an activating group) is 1. The summed E-state index contributed by atoms with van der Waals surface area (Å²) in [7, 11) is 3.79. The molecule has 1 N–H and O–H groups in total. The molecule has 1 saturated heterocycles. The molecule has 0 atom stereocenters. The van der Waals surface area contributed by atoms with Gasteiger partial charge in [0.2, 0.25) is 0 Å². The van der Waals surface area contributed by atoms with Crippen molar-refractivity contribution in [2.24, 2.45) is 4.99 Å². The fourth-order valence-electron chi connectivity index (χ4n) is 3.51. The number of methoxy groups -OCH3 is 1. The summed E-state index contributed by atoms with van der Waals surface area (Å²) in [6, 6.07) is 8.23. The average Bonchev–Trinajstić information content (AvgIpc) is 2.73. The molecular formula is C22H40IN5O. The van der Waals surface area contributed by atoms with Crippen LogP contribution in [0.25, 0.3) is 0 Å². The van der Waals surface area contributed by atoms with Gasteiger partial charge in [-0.2, -0.15) is 0 Å². The predicted octanol–water partition coefficient (Wildman–Crippen LogP) is 3.13. The van der Waals surface area contributed by atoms with Crippen LogP contribution in [0.5, 0.6) is 5.75 Å². The molecular weight excluding hydrogens is 477 g/mol. The molecule has 7 heteroatoms. The Morgan fingerprint density at radius 1 is 1.07 bits per heavy atom. The monoisotopic (exact) mass is 517 g/mol. The van der Waals surface area contributed by atoms with E-state index in [1.165, 1.54) is 51.3 Å². The van der Waals surface area contributed by atoms with Crippen molar-refractivity contribution in [1.29, 1.82) is 0 Å². The largest absolute Gasteiger partial charge is 0.497 e. The summed E-state index contributed by atoms with van der Waals surface area (Å²) in [6.45, 7) is 14.2. The van der Waals surface area contributed by atoms with Crippen molar-refractivity contribution in [3.63, 3.8) is 0 Å². The molecule has 0 radical (unpaired) electrons. The number of nitrogens with zero attached hydrogens (tertiary/aromatic N) is 4. The van der Waals surface area contributed by atoms with E-state index in [9.17, 15) is 0 Å².